The van der Waals surface area contributed by atoms with Crippen LogP contribution in [0.4, 0.5) is 11.4 Å². The third-order valence-electron chi connectivity index (χ3n) is 4.50. The fraction of sp³-hybridized carbons (Fsp3) is 0.385. The van der Waals surface area contributed by atoms with Gasteiger partial charge in [-0.25, -0.2) is 4.99 Å². The summed E-state index contributed by atoms with van der Waals surface area (Å²) in [6.45, 7) is 12.9. The van der Waals surface area contributed by atoms with Crippen molar-refractivity contribution in [3.63, 3.8) is 0 Å². The summed E-state index contributed by atoms with van der Waals surface area (Å²) in [6.07, 6.45) is 8.46. The van der Waals surface area contributed by atoms with Crippen LogP contribution in [0.2, 0.25) is 0 Å². The van der Waals surface area contributed by atoms with Crippen LogP contribution in [0.5, 0.6) is 0 Å². The number of hydrogen-bond donors (Lipinski definition) is 0. The quantitative estimate of drug-likeness (QED) is 0.419. The second-order valence-electron chi connectivity index (χ2n) is 7.66. The summed E-state index contributed by atoms with van der Waals surface area (Å²) >= 11 is 0. The molecule has 2 heteroatoms. The lowest BCUT2D eigenvalue weighted by atomic mass is 10.1. The molecule has 0 aliphatic rings. The van der Waals surface area contributed by atoms with Crippen LogP contribution in [0.25, 0.3) is 0 Å². The molecule has 0 saturated heterocycles. The zero-order valence-corrected chi connectivity index (χ0v) is 18.3. The molecule has 0 N–H and O–H groups in total. The molecule has 0 bridgehead atoms. The highest BCUT2D eigenvalue weighted by molar-refractivity contribution is 6.47. The highest BCUT2D eigenvalue weighted by Gasteiger charge is 2.08. The molecule has 0 atom stereocenters. The molecule has 2 rings (SSSR count). The third kappa shape index (κ3) is 6.92. The van der Waals surface area contributed by atoms with E-state index in [0.717, 1.165) is 48.5 Å². The minimum atomic E-state index is 0.932. The molecule has 0 amide bonds. The average molecular weight is 375 g/mol. The van der Waals surface area contributed by atoms with Gasteiger partial charge in [-0.15, -0.1) is 0 Å². The van der Waals surface area contributed by atoms with Gasteiger partial charge in [0.25, 0.3) is 0 Å². The molecule has 0 fully saturated rings. The lowest BCUT2D eigenvalue weighted by Crippen LogP contribution is -2.12. The maximum Gasteiger partial charge on any atom is 0.0848 e. The zero-order chi connectivity index (χ0) is 20.5. The first-order valence-electron chi connectivity index (χ1n) is 10.4. The SMILES string of the molecule is CC/C=C/C(=Nc1cc(C)cc(C)c1)C(CCCC)=Nc1cc(C)cc(C)c1. The number of hydrogen-bond acceptors (Lipinski definition) is 2. The predicted octanol–water partition coefficient (Wildman–Crippen LogP) is 7.92. The summed E-state index contributed by atoms with van der Waals surface area (Å²) < 4.78 is 0. The Kier molecular flexibility index (Phi) is 8.38. The number of aliphatic imine (C=N–C) groups is 2. The Balaban J connectivity index is 2.56. The van der Waals surface area contributed by atoms with Crippen LogP contribution in [0.1, 0.15) is 61.8 Å². The van der Waals surface area contributed by atoms with Crippen molar-refractivity contribution in [1.82, 2.24) is 0 Å². The van der Waals surface area contributed by atoms with E-state index in [9.17, 15) is 0 Å². The Morgan fingerprint density at radius 2 is 1.25 bits per heavy atom. The van der Waals surface area contributed by atoms with Crippen LogP contribution in [-0.4, -0.2) is 11.4 Å². The topological polar surface area (TPSA) is 24.7 Å². The molecule has 0 radical (unpaired) electrons. The minimum Gasteiger partial charge on any atom is -0.251 e. The van der Waals surface area contributed by atoms with Crippen LogP contribution >= 0.6 is 0 Å². The second-order valence-corrected chi connectivity index (χ2v) is 7.66. The van der Waals surface area contributed by atoms with Crippen molar-refractivity contribution in [2.75, 3.05) is 0 Å². The number of nitrogens with zero attached hydrogens (tertiary/aromatic N) is 2. The van der Waals surface area contributed by atoms with Gasteiger partial charge >= 0.3 is 0 Å². The van der Waals surface area contributed by atoms with Crippen molar-refractivity contribution >= 4 is 22.8 Å². The molecule has 148 valence electrons. The monoisotopic (exact) mass is 374 g/mol. The molecule has 2 aromatic rings. The van der Waals surface area contributed by atoms with E-state index >= 15 is 0 Å². The molecular formula is C26H34N2. The second kappa shape index (κ2) is 10.8. The number of benzene rings is 2. The van der Waals surface area contributed by atoms with E-state index in [2.05, 4.69) is 90.1 Å². The highest BCUT2D eigenvalue weighted by atomic mass is 14.8. The maximum atomic E-state index is 5.05. The first-order chi connectivity index (χ1) is 13.4. The lowest BCUT2D eigenvalue weighted by molar-refractivity contribution is 0.838. The Hall–Kier alpha value is -2.48. The number of unbranched alkanes of at least 4 members (excludes halogenated alkanes) is 1. The van der Waals surface area contributed by atoms with Crippen molar-refractivity contribution in [2.24, 2.45) is 9.98 Å². The van der Waals surface area contributed by atoms with Crippen LogP contribution < -0.4 is 0 Å². The molecule has 0 unspecified atom stereocenters. The Labute approximate surface area is 171 Å². The molecule has 2 aromatic carbocycles. The lowest BCUT2D eigenvalue weighted by Gasteiger charge is -2.09. The van der Waals surface area contributed by atoms with E-state index in [4.69, 9.17) is 9.98 Å². The molecule has 0 spiro atoms. The van der Waals surface area contributed by atoms with Gasteiger partial charge in [0, 0.05) is 0 Å². The average Bonchev–Trinajstić information content (AvgIpc) is 2.60. The Bertz CT molecular complexity index is 845. The van der Waals surface area contributed by atoms with Crippen molar-refractivity contribution in [3.8, 4) is 0 Å². The highest BCUT2D eigenvalue weighted by Crippen LogP contribution is 2.21. The zero-order valence-electron chi connectivity index (χ0n) is 18.3. The molecular weight excluding hydrogens is 340 g/mol. The van der Waals surface area contributed by atoms with Gasteiger partial charge in [0.2, 0.25) is 0 Å². The molecule has 2 nitrogen and oxygen atoms in total. The first kappa shape index (κ1) is 21.8. The van der Waals surface area contributed by atoms with Gasteiger partial charge in [-0.1, -0.05) is 38.5 Å². The first-order valence-corrected chi connectivity index (χ1v) is 10.4. The van der Waals surface area contributed by atoms with E-state index in [0.29, 0.717) is 0 Å². The summed E-state index contributed by atoms with van der Waals surface area (Å²) in [6, 6.07) is 12.9. The fourth-order valence-corrected chi connectivity index (χ4v) is 3.34. The van der Waals surface area contributed by atoms with E-state index < -0.39 is 0 Å². The van der Waals surface area contributed by atoms with Gasteiger partial charge in [-0.2, -0.15) is 0 Å². The van der Waals surface area contributed by atoms with E-state index in [1.165, 1.54) is 22.3 Å². The number of rotatable bonds is 8. The predicted molar refractivity (Wildman–Crippen MR) is 125 cm³/mol. The normalized spacial score (nSPS) is 12.8. The fourth-order valence-electron chi connectivity index (χ4n) is 3.34. The number of allylic oxidation sites excluding steroid dienone is 2. The summed E-state index contributed by atoms with van der Waals surface area (Å²) in [5.41, 5.74) is 9.00. The van der Waals surface area contributed by atoms with Gasteiger partial charge in [-0.05, 0) is 99.6 Å². The largest absolute Gasteiger partial charge is 0.251 e. The summed E-state index contributed by atoms with van der Waals surface area (Å²) in [5.74, 6) is 0. The van der Waals surface area contributed by atoms with Gasteiger partial charge in [0.05, 0.1) is 22.8 Å². The van der Waals surface area contributed by atoms with Crippen LogP contribution in [0.3, 0.4) is 0 Å². The van der Waals surface area contributed by atoms with Crippen LogP contribution in [-0.2, 0) is 0 Å². The molecule has 0 heterocycles. The van der Waals surface area contributed by atoms with Crippen molar-refractivity contribution in [1.29, 1.82) is 0 Å². The van der Waals surface area contributed by atoms with Crippen LogP contribution in [0.15, 0.2) is 58.5 Å². The number of aryl methyl sites for hydroxylation is 4. The molecule has 0 aliphatic heterocycles. The van der Waals surface area contributed by atoms with E-state index in [1.807, 2.05) is 0 Å². The van der Waals surface area contributed by atoms with E-state index in [-0.39, 0.29) is 0 Å². The third-order valence-corrected chi connectivity index (χ3v) is 4.50. The summed E-state index contributed by atoms with van der Waals surface area (Å²) in [5, 5.41) is 0. The standard InChI is InChI=1S/C26H34N2/c1-7-9-11-25(27-23-15-19(3)13-20(4)16-23)26(12-10-8-2)28-24-17-21(5)14-22(6)18-24/h9,11,13-18H,7-8,10,12H2,1-6H3/b11-9+,27-25?,28-26?. The van der Waals surface area contributed by atoms with E-state index in [1.54, 1.807) is 0 Å². The van der Waals surface area contributed by atoms with Crippen molar-refractivity contribution in [2.45, 2.75) is 67.2 Å². The van der Waals surface area contributed by atoms with Crippen molar-refractivity contribution in [3.05, 3.63) is 70.8 Å². The van der Waals surface area contributed by atoms with Gasteiger partial charge in [-0.3, -0.25) is 4.99 Å². The molecule has 0 saturated carbocycles. The smallest absolute Gasteiger partial charge is 0.0848 e. The molecule has 28 heavy (non-hydrogen) atoms. The summed E-state index contributed by atoms with van der Waals surface area (Å²) in [7, 11) is 0. The van der Waals surface area contributed by atoms with Gasteiger partial charge in [0.1, 0.15) is 0 Å². The molecule has 0 aromatic heterocycles. The summed E-state index contributed by atoms with van der Waals surface area (Å²) in [4.78, 5) is 10.1. The Morgan fingerprint density at radius 3 is 1.71 bits per heavy atom. The van der Waals surface area contributed by atoms with Gasteiger partial charge < -0.3 is 0 Å². The molecule has 0 aliphatic carbocycles. The van der Waals surface area contributed by atoms with Crippen molar-refractivity contribution < 1.29 is 0 Å². The van der Waals surface area contributed by atoms with Gasteiger partial charge in [0.15, 0.2) is 0 Å². The maximum absolute atomic E-state index is 5.05. The van der Waals surface area contributed by atoms with Crippen LogP contribution in [0, 0.1) is 27.7 Å². The Morgan fingerprint density at radius 1 is 0.750 bits per heavy atom. The minimum absolute atomic E-state index is 0.932.